The Morgan fingerprint density at radius 1 is 1.10 bits per heavy atom. The highest BCUT2D eigenvalue weighted by atomic mass is 16.2. The van der Waals surface area contributed by atoms with Gasteiger partial charge in [0, 0.05) is 26.1 Å². The summed E-state index contributed by atoms with van der Waals surface area (Å²) in [5, 5.41) is 0. The molecule has 6 nitrogen and oxygen atoms in total. The van der Waals surface area contributed by atoms with E-state index in [4.69, 9.17) is 0 Å². The van der Waals surface area contributed by atoms with E-state index >= 15 is 0 Å². The molecule has 3 aliphatic rings. The Balaban J connectivity index is 1.68. The molecule has 0 aromatic rings. The minimum absolute atomic E-state index is 0.00753. The molecule has 2 aliphatic heterocycles. The van der Waals surface area contributed by atoms with Crippen LogP contribution in [0.25, 0.3) is 0 Å². The molecule has 6 heteroatoms. The Labute approximate surface area is 125 Å². The maximum atomic E-state index is 12.6. The van der Waals surface area contributed by atoms with E-state index in [1.54, 1.807) is 11.9 Å². The average molecular weight is 293 g/mol. The second-order valence-electron chi connectivity index (χ2n) is 6.42. The van der Waals surface area contributed by atoms with Crippen LogP contribution >= 0.6 is 0 Å². The third-order valence-electron chi connectivity index (χ3n) is 5.00. The van der Waals surface area contributed by atoms with Crippen molar-refractivity contribution in [2.45, 2.75) is 38.1 Å². The van der Waals surface area contributed by atoms with Gasteiger partial charge in [0.2, 0.25) is 17.7 Å². The van der Waals surface area contributed by atoms with E-state index in [9.17, 15) is 14.4 Å². The first kappa shape index (κ1) is 14.4. The third-order valence-corrected chi connectivity index (χ3v) is 5.00. The third kappa shape index (κ3) is 2.63. The van der Waals surface area contributed by atoms with Crippen LogP contribution in [0.4, 0.5) is 0 Å². The first-order valence-electron chi connectivity index (χ1n) is 7.91. The summed E-state index contributed by atoms with van der Waals surface area (Å²) in [6.07, 6.45) is 5.41. The number of hydrogen-bond acceptors (Lipinski definition) is 3. The van der Waals surface area contributed by atoms with Crippen molar-refractivity contribution >= 4 is 17.7 Å². The Morgan fingerprint density at radius 2 is 1.81 bits per heavy atom. The Kier molecular flexibility index (Phi) is 3.87. The first-order valence-corrected chi connectivity index (χ1v) is 7.91. The van der Waals surface area contributed by atoms with Crippen LogP contribution in [0.5, 0.6) is 0 Å². The summed E-state index contributed by atoms with van der Waals surface area (Å²) < 4.78 is 0. The van der Waals surface area contributed by atoms with Gasteiger partial charge < -0.3 is 14.7 Å². The van der Waals surface area contributed by atoms with Crippen molar-refractivity contribution in [1.29, 1.82) is 0 Å². The minimum Gasteiger partial charge on any atom is -0.338 e. The van der Waals surface area contributed by atoms with E-state index < -0.39 is 6.04 Å². The predicted molar refractivity (Wildman–Crippen MR) is 76.3 cm³/mol. The van der Waals surface area contributed by atoms with Gasteiger partial charge in [-0.05, 0) is 12.8 Å². The molecule has 3 fully saturated rings. The van der Waals surface area contributed by atoms with Gasteiger partial charge >= 0.3 is 0 Å². The number of likely N-dealkylation sites (N-methyl/N-ethyl adjacent to an activating group) is 1. The largest absolute Gasteiger partial charge is 0.338 e. The van der Waals surface area contributed by atoms with Gasteiger partial charge in [-0.25, -0.2) is 0 Å². The zero-order valence-electron chi connectivity index (χ0n) is 12.6. The topological polar surface area (TPSA) is 60.9 Å². The lowest BCUT2D eigenvalue weighted by Gasteiger charge is -2.46. The zero-order valence-corrected chi connectivity index (χ0v) is 12.6. The number of hydrogen-bond donors (Lipinski definition) is 0. The molecule has 1 aliphatic carbocycles. The van der Waals surface area contributed by atoms with Gasteiger partial charge in [0.15, 0.2) is 0 Å². The zero-order chi connectivity index (χ0) is 15.0. The van der Waals surface area contributed by atoms with Gasteiger partial charge in [-0.15, -0.1) is 0 Å². The highest BCUT2D eigenvalue weighted by molar-refractivity contribution is 5.95. The Bertz CT molecular complexity index is 459. The van der Waals surface area contributed by atoms with Gasteiger partial charge in [0.25, 0.3) is 0 Å². The lowest BCUT2D eigenvalue weighted by Crippen LogP contribution is -2.67. The highest BCUT2D eigenvalue weighted by Crippen LogP contribution is 2.27. The minimum atomic E-state index is -0.474. The van der Waals surface area contributed by atoms with Crippen LogP contribution in [0.3, 0.4) is 0 Å². The van der Waals surface area contributed by atoms with E-state index in [1.807, 2.05) is 4.90 Å². The molecule has 2 saturated heterocycles. The van der Waals surface area contributed by atoms with E-state index in [0.29, 0.717) is 19.6 Å². The summed E-state index contributed by atoms with van der Waals surface area (Å²) in [5.74, 6) is 0.253. The van der Waals surface area contributed by atoms with Crippen LogP contribution in [0.15, 0.2) is 0 Å². The second kappa shape index (κ2) is 5.66. The van der Waals surface area contributed by atoms with Crippen molar-refractivity contribution in [1.82, 2.24) is 14.7 Å². The fourth-order valence-electron chi connectivity index (χ4n) is 3.73. The number of fused-ring (bicyclic) bond motifs is 1. The number of carbonyl (C=O) groups is 3. The average Bonchev–Trinajstić information content (AvgIpc) is 2.52. The summed E-state index contributed by atoms with van der Waals surface area (Å²) in [6, 6.07) is -0.474. The monoisotopic (exact) mass is 293 g/mol. The van der Waals surface area contributed by atoms with E-state index in [1.165, 1.54) is 11.3 Å². The van der Waals surface area contributed by atoms with E-state index in [-0.39, 0.29) is 30.2 Å². The molecule has 3 rings (SSSR count). The Morgan fingerprint density at radius 3 is 2.52 bits per heavy atom. The van der Waals surface area contributed by atoms with Crippen LogP contribution in [-0.4, -0.2) is 71.7 Å². The van der Waals surface area contributed by atoms with Crippen molar-refractivity contribution < 1.29 is 14.4 Å². The number of piperazine rings is 2. The highest BCUT2D eigenvalue weighted by Gasteiger charge is 2.43. The molecule has 116 valence electrons. The van der Waals surface area contributed by atoms with Crippen molar-refractivity contribution in [3.8, 4) is 0 Å². The molecule has 0 N–H and O–H groups in total. The molecule has 0 unspecified atom stereocenters. The number of rotatable bonds is 1. The maximum absolute atomic E-state index is 12.6. The molecule has 0 radical (unpaired) electrons. The molecule has 0 spiro atoms. The lowest BCUT2D eigenvalue weighted by atomic mass is 9.88. The maximum Gasteiger partial charge on any atom is 0.247 e. The van der Waals surface area contributed by atoms with Crippen LogP contribution < -0.4 is 0 Å². The normalized spacial score (nSPS) is 27.9. The molecular formula is C15H23N3O3. The molecule has 1 saturated carbocycles. The van der Waals surface area contributed by atoms with Gasteiger partial charge in [0.1, 0.15) is 6.04 Å². The van der Waals surface area contributed by atoms with E-state index in [2.05, 4.69) is 0 Å². The van der Waals surface area contributed by atoms with Crippen molar-refractivity contribution in [2.24, 2.45) is 5.92 Å². The summed E-state index contributed by atoms with van der Waals surface area (Å²) in [4.78, 5) is 41.8. The standard InChI is InChI=1S/C15H23N3O3/c1-16-10-13(19)18-8-7-17(9-12(18)15(16)21)14(20)11-5-3-2-4-6-11/h11-12H,2-10H2,1H3/t12-/m1/s1. The predicted octanol–water partition coefficient (Wildman–Crippen LogP) is 0.0781. The van der Waals surface area contributed by atoms with Crippen LogP contribution in [0.1, 0.15) is 32.1 Å². The molecule has 1 atom stereocenters. The molecule has 0 aromatic carbocycles. The first-order chi connectivity index (χ1) is 10.1. The molecule has 21 heavy (non-hydrogen) atoms. The quantitative estimate of drug-likeness (QED) is 0.688. The SMILES string of the molecule is CN1CC(=O)N2CCN(C(=O)C3CCCCC3)C[C@@H]2C1=O. The Hall–Kier alpha value is -1.59. The van der Waals surface area contributed by atoms with Gasteiger partial charge in [0.05, 0.1) is 13.1 Å². The summed E-state index contributed by atoms with van der Waals surface area (Å²) in [7, 11) is 1.65. The van der Waals surface area contributed by atoms with Crippen molar-refractivity contribution in [2.75, 3.05) is 33.2 Å². The number of carbonyl (C=O) groups excluding carboxylic acids is 3. The fraction of sp³-hybridized carbons (Fsp3) is 0.800. The van der Waals surface area contributed by atoms with Crippen LogP contribution in [0.2, 0.25) is 0 Å². The molecule has 0 bridgehead atoms. The molecule has 3 amide bonds. The summed E-state index contributed by atoms with van der Waals surface area (Å²) in [6.45, 7) is 1.58. The number of amides is 3. The molecule has 0 aromatic heterocycles. The summed E-state index contributed by atoms with van der Waals surface area (Å²) >= 11 is 0. The van der Waals surface area contributed by atoms with Crippen molar-refractivity contribution in [3.05, 3.63) is 0 Å². The summed E-state index contributed by atoms with van der Waals surface area (Å²) in [5.41, 5.74) is 0. The van der Waals surface area contributed by atoms with Crippen LogP contribution in [-0.2, 0) is 14.4 Å². The lowest BCUT2D eigenvalue weighted by molar-refractivity contribution is -0.161. The molecular weight excluding hydrogens is 270 g/mol. The van der Waals surface area contributed by atoms with Gasteiger partial charge in [-0.3, -0.25) is 14.4 Å². The second-order valence-corrected chi connectivity index (χ2v) is 6.42. The molecule has 2 heterocycles. The van der Waals surface area contributed by atoms with Gasteiger partial charge in [-0.1, -0.05) is 19.3 Å². The fourth-order valence-corrected chi connectivity index (χ4v) is 3.73. The van der Waals surface area contributed by atoms with Crippen LogP contribution in [0, 0.1) is 5.92 Å². The smallest absolute Gasteiger partial charge is 0.247 e. The van der Waals surface area contributed by atoms with E-state index in [0.717, 1.165) is 25.7 Å². The van der Waals surface area contributed by atoms with Crippen molar-refractivity contribution in [3.63, 3.8) is 0 Å². The van der Waals surface area contributed by atoms with Gasteiger partial charge in [-0.2, -0.15) is 0 Å². The number of nitrogens with zero attached hydrogens (tertiary/aromatic N) is 3.